The second kappa shape index (κ2) is 9.51. The summed E-state index contributed by atoms with van der Waals surface area (Å²) in [6.45, 7) is 1.01. The molecule has 2 aliphatic heterocycles. The molecule has 2 amide bonds. The van der Waals surface area contributed by atoms with Gasteiger partial charge in [-0.2, -0.15) is 13.2 Å². The van der Waals surface area contributed by atoms with Crippen molar-refractivity contribution < 1.29 is 27.2 Å². The molecule has 0 spiro atoms. The van der Waals surface area contributed by atoms with E-state index in [9.17, 15) is 27.2 Å². The van der Waals surface area contributed by atoms with Gasteiger partial charge in [0.25, 0.3) is 0 Å². The molecule has 4 rings (SSSR count). The van der Waals surface area contributed by atoms with Crippen molar-refractivity contribution in [2.24, 2.45) is 5.92 Å². The van der Waals surface area contributed by atoms with Gasteiger partial charge in [-0.1, -0.05) is 24.3 Å². The molecule has 0 aromatic heterocycles. The number of benzene rings is 2. The summed E-state index contributed by atoms with van der Waals surface area (Å²) in [6.07, 6.45) is -3.20. The number of rotatable bonds is 4. The Morgan fingerprint density at radius 2 is 1.70 bits per heavy atom. The minimum atomic E-state index is -4.74. The van der Waals surface area contributed by atoms with E-state index in [1.54, 1.807) is 24.3 Å². The summed E-state index contributed by atoms with van der Waals surface area (Å²) < 4.78 is 54.6. The van der Waals surface area contributed by atoms with E-state index in [2.05, 4.69) is 5.32 Å². The number of halogens is 4. The second-order valence-electron chi connectivity index (χ2n) is 8.64. The van der Waals surface area contributed by atoms with Gasteiger partial charge in [-0.05, 0) is 68.1 Å². The van der Waals surface area contributed by atoms with Crippen LogP contribution < -0.4 is 10.2 Å². The largest absolute Gasteiger partial charge is 0.409 e. The number of alkyl halides is 3. The molecule has 2 heterocycles. The lowest BCUT2D eigenvalue weighted by Crippen LogP contribution is -2.53. The maximum absolute atomic E-state index is 13.9. The third-order valence-electron chi connectivity index (χ3n) is 6.28. The minimum Gasteiger partial charge on any atom is -0.324 e. The molecule has 2 aromatic rings. The SMILES string of the molecule is O=C1CC(C(F)(F)F)N(C(=O)CN2CCC(Cc3ccc(F)cc3)CC2)c2ccccc2N1. The fraction of sp³-hybridized carbons (Fsp3) is 0.417. The standard InChI is InChI=1S/C24H25F4N3O2/c25-18-7-5-16(6-8-18)13-17-9-11-30(12-10-17)15-23(33)31-20-4-2-1-3-19(20)29-22(32)14-21(31)24(26,27)28/h1-8,17,21H,9-15H2,(H,29,32). The average molecular weight is 463 g/mol. The molecule has 2 aromatic carbocycles. The number of nitrogens with one attached hydrogen (secondary N) is 1. The van der Waals surface area contributed by atoms with Crippen LogP contribution in [0.3, 0.4) is 0 Å². The summed E-state index contributed by atoms with van der Waals surface area (Å²) in [6, 6.07) is 10.2. The van der Waals surface area contributed by atoms with Crippen molar-refractivity contribution in [3.63, 3.8) is 0 Å². The van der Waals surface area contributed by atoms with Crippen molar-refractivity contribution in [2.45, 2.75) is 37.9 Å². The zero-order chi connectivity index (χ0) is 23.6. The third kappa shape index (κ3) is 5.52. The fourth-order valence-corrected chi connectivity index (χ4v) is 4.57. The summed E-state index contributed by atoms with van der Waals surface area (Å²) in [5, 5.41) is 2.48. The number of likely N-dealkylation sites (tertiary alicyclic amines) is 1. The van der Waals surface area contributed by atoms with Gasteiger partial charge in [0.2, 0.25) is 11.8 Å². The van der Waals surface area contributed by atoms with Crippen molar-refractivity contribution >= 4 is 23.2 Å². The first-order valence-electron chi connectivity index (χ1n) is 10.9. The smallest absolute Gasteiger partial charge is 0.324 e. The normalized spacial score (nSPS) is 20.2. The molecule has 0 radical (unpaired) electrons. The Labute approximate surface area is 189 Å². The summed E-state index contributed by atoms with van der Waals surface area (Å²) in [7, 11) is 0. The van der Waals surface area contributed by atoms with E-state index >= 15 is 0 Å². The van der Waals surface area contributed by atoms with Crippen LogP contribution in [-0.4, -0.2) is 48.6 Å². The number of hydrogen-bond donors (Lipinski definition) is 1. The topological polar surface area (TPSA) is 52.7 Å². The van der Waals surface area contributed by atoms with Crippen LogP contribution >= 0.6 is 0 Å². The molecule has 2 aliphatic rings. The van der Waals surface area contributed by atoms with Crippen molar-refractivity contribution in [2.75, 3.05) is 29.9 Å². The monoisotopic (exact) mass is 463 g/mol. The highest BCUT2D eigenvalue weighted by molar-refractivity contribution is 6.05. The van der Waals surface area contributed by atoms with Gasteiger partial charge in [-0.15, -0.1) is 0 Å². The van der Waals surface area contributed by atoms with Crippen LogP contribution in [0.1, 0.15) is 24.8 Å². The predicted octanol–water partition coefficient (Wildman–Crippen LogP) is 4.39. The second-order valence-corrected chi connectivity index (χ2v) is 8.64. The molecular weight excluding hydrogens is 438 g/mol. The van der Waals surface area contributed by atoms with Crippen LogP contribution in [0.5, 0.6) is 0 Å². The Bertz CT molecular complexity index is 1000. The number of para-hydroxylation sites is 2. The van der Waals surface area contributed by atoms with E-state index in [-0.39, 0.29) is 23.7 Å². The lowest BCUT2D eigenvalue weighted by molar-refractivity contribution is -0.158. The van der Waals surface area contributed by atoms with E-state index < -0.39 is 30.5 Å². The van der Waals surface area contributed by atoms with Gasteiger partial charge in [0.1, 0.15) is 11.9 Å². The summed E-state index contributed by atoms with van der Waals surface area (Å²) in [4.78, 5) is 27.8. The molecule has 1 N–H and O–H groups in total. The van der Waals surface area contributed by atoms with Gasteiger partial charge in [-0.25, -0.2) is 4.39 Å². The first-order chi connectivity index (χ1) is 15.7. The summed E-state index contributed by atoms with van der Waals surface area (Å²) >= 11 is 0. The zero-order valence-corrected chi connectivity index (χ0v) is 17.9. The predicted molar refractivity (Wildman–Crippen MR) is 116 cm³/mol. The number of carbonyl (C=O) groups excluding carboxylic acids is 2. The highest BCUT2D eigenvalue weighted by Gasteiger charge is 2.49. The van der Waals surface area contributed by atoms with Crippen LogP contribution in [0.2, 0.25) is 0 Å². The van der Waals surface area contributed by atoms with Crippen molar-refractivity contribution in [1.29, 1.82) is 0 Å². The number of fused-ring (bicyclic) bond motifs is 1. The van der Waals surface area contributed by atoms with Gasteiger partial charge in [0.15, 0.2) is 0 Å². The highest BCUT2D eigenvalue weighted by Crippen LogP contribution is 2.38. The number of hydrogen-bond acceptors (Lipinski definition) is 3. The maximum Gasteiger partial charge on any atom is 0.409 e. The van der Waals surface area contributed by atoms with Gasteiger partial charge >= 0.3 is 6.18 Å². The highest BCUT2D eigenvalue weighted by atomic mass is 19.4. The minimum absolute atomic E-state index is 0.0573. The molecule has 176 valence electrons. The Kier molecular flexibility index (Phi) is 6.69. The first kappa shape index (κ1) is 23.2. The van der Waals surface area contributed by atoms with E-state index in [0.29, 0.717) is 19.0 Å². The Hall–Kier alpha value is -2.94. The number of carbonyl (C=O) groups is 2. The number of amides is 2. The molecule has 1 fully saturated rings. The van der Waals surface area contributed by atoms with E-state index in [1.807, 2.05) is 4.90 Å². The molecule has 1 atom stereocenters. The van der Waals surface area contributed by atoms with Gasteiger partial charge in [-0.3, -0.25) is 19.4 Å². The Morgan fingerprint density at radius 3 is 2.36 bits per heavy atom. The summed E-state index contributed by atoms with van der Waals surface area (Å²) in [5.74, 6) is -1.37. The first-order valence-corrected chi connectivity index (χ1v) is 10.9. The van der Waals surface area contributed by atoms with E-state index in [0.717, 1.165) is 29.7 Å². The van der Waals surface area contributed by atoms with Crippen molar-refractivity contribution in [1.82, 2.24) is 4.90 Å². The van der Waals surface area contributed by atoms with Crippen LogP contribution in [0, 0.1) is 11.7 Å². The number of anilines is 2. The van der Waals surface area contributed by atoms with Crippen LogP contribution in [0.4, 0.5) is 28.9 Å². The lowest BCUT2D eigenvalue weighted by atomic mass is 9.90. The molecule has 33 heavy (non-hydrogen) atoms. The number of piperidine rings is 1. The Morgan fingerprint density at radius 1 is 1.03 bits per heavy atom. The summed E-state index contributed by atoms with van der Waals surface area (Å²) in [5.41, 5.74) is 1.29. The van der Waals surface area contributed by atoms with Gasteiger partial charge in [0.05, 0.1) is 24.3 Å². The number of nitrogens with zero attached hydrogens (tertiary/aromatic N) is 2. The fourth-order valence-electron chi connectivity index (χ4n) is 4.57. The van der Waals surface area contributed by atoms with Gasteiger partial charge in [0, 0.05) is 0 Å². The van der Waals surface area contributed by atoms with E-state index in [1.165, 1.54) is 24.3 Å². The average Bonchev–Trinajstić information content (AvgIpc) is 2.92. The molecule has 1 unspecified atom stereocenters. The molecular formula is C24H25F4N3O2. The Balaban J connectivity index is 1.44. The van der Waals surface area contributed by atoms with Crippen molar-refractivity contribution in [3.8, 4) is 0 Å². The van der Waals surface area contributed by atoms with Crippen molar-refractivity contribution in [3.05, 3.63) is 59.9 Å². The molecule has 9 heteroatoms. The quantitative estimate of drug-likeness (QED) is 0.685. The third-order valence-corrected chi connectivity index (χ3v) is 6.28. The van der Waals surface area contributed by atoms with Crippen LogP contribution in [0.15, 0.2) is 48.5 Å². The zero-order valence-electron chi connectivity index (χ0n) is 17.9. The van der Waals surface area contributed by atoms with Crippen LogP contribution in [-0.2, 0) is 16.0 Å². The molecule has 0 saturated carbocycles. The lowest BCUT2D eigenvalue weighted by Gasteiger charge is -2.36. The van der Waals surface area contributed by atoms with Crippen LogP contribution in [0.25, 0.3) is 0 Å². The molecule has 5 nitrogen and oxygen atoms in total. The van der Waals surface area contributed by atoms with E-state index in [4.69, 9.17) is 0 Å². The maximum atomic E-state index is 13.9. The molecule has 0 bridgehead atoms. The molecule has 0 aliphatic carbocycles. The molecule has 1 saturated heterocycles. The van der Waals surface area contributed by atoms with Gasteiger partial charge < -0.3 is 5.32 Å².